The molecule has 2 rings (SSSR count). The number of aryl methyl sites for hydroxylation is 1. The summed E-state index contributed by atoms with van der Waals surface area (Å²) in [5.41, 5.74) is 1.16. The minimum absolute atomic E-state index is 0.292. The van der Waals surface area contributed by atoms with E-state index < -0.39 is 6.10 Å². The third-order valence-electron chi connectivity index (χ3n) is 2.38. The van der Waals surface area contributed by atoms with E-state index in [4.69, 9.17) is 4.74 Å². The standard InChI is InChI=1S/C11H12O3/c1-13-11(12)10-7-6-8-4-2-3-5-9(8)14-10/h2-5,10H,6-7H2,1H3/t10-/m1/s1. The van der Waals surface area contributed by atoms with Gasteiger partial charge in [0.2, 0.25) is 0 Å². The van der Waals surface area contributed by atoms with Crippen LogP contribution in [0.3, 0.4) is 0 Å². The number of hydrogen-bond donors (Lipinski definition) is 0. The molecule has 1 aliphatic heterocycles. The zero-order valence-electron chi connectivity index (χ0n) is 8.03. The Morgan fingerprint density at radius 1 is 1.50 bits per heavy atom. The number of esters is 1. The first-order valence-electron chi connectivity index (χ1n) is 4.63. The van der Waals surface area contributed by atoms with E-state index in [1.165, 1.54) is 7.11 Å². The van der Waals surface area contributed by atoms with Gasteiger partial charge in [0.15, 0.2) is 6.10 Å². The lowest BCUT2D eigenvalue weighted by Crippen LogP contribution is -2.32. The van der Waals surface area contributed by atoms with Crippen molar-refractivity contribution >= 4 is 5.97 Å². The molecule has 3 nitrogen and oxygen atoms in total. The Morgan fingerprint density at radius 3 is 3.07 bits per heavy atom. The zero-order valence-corrected chi connectivity index (χ0v) is 8.03. The summed E-state index contributed by atoms with van der Waals surface area (Å²) in [6.45, 7) is 0. The highest BCUT2D eigenvalue weighted by atomic mass is 16.6. The monoisotopic (exact) mass is 192 g/mol. The number of methoxy groups -OCH3 is 1. The van der Waals surface area contributed by atoms with Crippen molar-refractivity contribution in [3.8, 4) is 5.75 Å². The fourth-order valence-electron chi connectivity index (χ4n) is 1.62. The number of hydrogen-bond acceptors (Lipinski definition) is 3. The van der Waals surface area contributed by atoms with Crippen LogP contribution in [-0.2, 0) is 16.0 Å². The number of carbonyl (C=O) groups excluding carboxylic acids is 1. The van der Waals surface area contributed by atoms with Crippen LogP contribution in [0.25, 0.3) is 0 Å². The molecule has 3 heteroatoms. The highest BCUT2D eigenvalue weighted by Crippen LogP contribution is 2.27. The van der Waals surface area contributed by atoms with Crippen molar-refractivity contribution < 1.29 is 14.3 Å². The predicted octanol–water partition coefficient (Wildman–Crippen LogP) is 1.55. The lowest BCUT2D eigenvalue weighted by molar-refractivity contribution is -0.149. The molecular formula is C11H12O3. The van der Waals surface area contributed by atoms with Gasteiger partial charge in [-0.1, -0.05) is 18.2 Å². The van der Waals surface area contributed by atoms with Crippen LogP contribution in [0.5, 0.6) is 5.75 Å². The number of ether oxygens (including phenoxy) is 2. The number of para-hydroxylation sites is 1. The van der Waals surface area contributed by atoms with Gasteiger partial charge in [-0.05, 0) is 24.5 Å². The number of rotatable bonds is 1. The molecule has 0 saturated carbocycles. The van der Waals surface area contributed by atoms with E-state index in [-0.39, 0.29) is 5.97 Å². The van der Waals surface area contributed by atoms with E-state index in [2.05, 4.69) is 4.74 Å². The molecule has 0 radical (unpaired) electrons. The molecule has 1 aromatic carbocycles. The van der Waals surface area contributed by atoms with Crippen LogP contribution in [-0.4, -0.2) is 19.2 Å². The summed E-state index contributed by atoms with van der Waals surface area (Å²) in [4.78, 5) is 11.2. The molecule has 0 unspecified atom stereocenters. The van der Waals surface area contributed by atoms with Crippen molar-refractivity contribution in [1.82, 2.24) is 0 Å². The van der Waals surface area contributed by atoms with Crippen LogP contribution in [0, 0.1) is 0 Å². The van der Waals surface area contributed by atoms with Crippen molar-refractivity contribution in [2.75, 3.05) is 7.11 Å². The van der Waals surface area contributed by atoms with Gasteiger partial charge in [-0.2, -0.15) is 0 Å². The number of carbonyl (C=O) groups is 1. The molecule has 0 saturated heterocycles. The smallest absolute Gasteiger partial charge is 0.347 e. The van der Waals surface area contributed by atoms with E-state index in [1.54, 1.807) is 0 Å². The maximum Gasteiger partial charge on any atom is 0.347 e. The Morgan fingerprint density at radius 2 is 2.29 bits per heavy atom. The molecule has 74 valence electrons. The quantitative estimate of drug-likeness (QED) is 0.633. The maximum absolute atomic E-state index is 11.2. The molecule has 1 aliphatic rings. The van der Waals surface area contributed by atoms with Gasteiger partial charge in [0.1, 0.15) is 5.75 Å². The first kappa shape index (κ1) is 9.06. The lowest BCUT2D eigenvalue weighted by atomic mass is 10.0. The number of fused-ring (bicyclic) bond motifs is 1. The molecule has 14 heavy (non-hydrogen) atoms. The zero-order chi connectivity index (χ0) is 9.97. The van der Waals surface area contributed by atoms with Gasteiger partial charge in [0, 0.05) is 0 Å². The largest absolute Gasteiger partial charge is 0.478 e. The van der Waals surface area contributed by atoms with Gasteiger partial charge in [-0.25, -0.2) is 4.79 Å². The average molecular weight is 192 g/mol. The topological polar surface area (TPSA) is 35.5 Å². The van der Waals surface area contributed by atoms with Gasteiger partial charge in [-0.3, -0.25) is 0 Å². The van der Waals surface area contributed by atoms with Crippen molar-refractivity contribution in [1.29, 1.82) is 0 Å². The van der Waals surface area contributed by atoms with Gasteiger partial charge in [0.25, 0.3) is 0 Å². The SMILES string of the molecule is COC(=O)[C@H]1CCc2ccccc2O1. The lowest BCUT2D eigenvalue weighted by Gasteiger charge is -2.23. The highest BCUT2D eigenvalue weighted by molar-refractivity contribution is 5.75. The fraction of sp³-hybridized carbons (Fsp3) is 0.364. The molecule has 0 aliphatic carbocycles. The Kier molecular flexibility index (Phi) is 2.39. The van der Waals surface area contributed by atoms with Crippen LogP contribution in [0.2, 0.25) is 0 Å². The molecule has 1 aromatic rings. The second-order valence-electron chi connectivity index (χ2n) is 3.28. The van der Waals surface area contributed by atoms with Crippen LogP contribution in [0.1, 0.15) is 12.0 Å². The normalized spacial score (nSPS) is 19.4. The van der Waals surface area contributed by atoms with E-state index in [0.29, 0.717) is 6.42 Å². The van der Waals surface area contributed by atoms with Crippen LogP contribution in [0.4, 0.5) is 0 Å². The van der Waals surface area contributed by atoms with Gasteiger partial charge >= 0.3 is 5.97 Å². The fourth-order valence-corrected chi connectivity index (χ4v) is 1.62. The first-order chi connectivity index (χ1) is 6.81. The molecule has 0 N–H and O–H groups in total. The summed E-state index contributed by atoms with van der Waals surface area (Å²) in [6, 6.07) is 7.77. The van der Waals surface area contributed by atoms with Crippen molar-refractivity contribution in [2.24, 2.45) is 0 Å². The summed E-state index contributed by atoms with van der Waals surface area (Å²) in [7, 11) is 1.38. The average Bonchev–Trinajstić information content (AvgIpc) is 2.27. The van der Waals surface area contributed by atoms with E-state index in [1.807, 2.05) is 24.3 Å². The first-order valence-corrected chi connectivity index (χ1v) is 4.63. The van der Waals surface area contributed by atoms with Crippen LogP contribution < -0.4 is 4.74 Å². The Hall–Kier alpha value is -1.51. The molecule has 1 atom stereocenters. The van der Waals surface area contributed by atoms with E-state index in [0.717, 1.165) is 17.7 Å². The summed E-state index contributed by atoms with van der Waals surface area (Å²) >= 11 is 0. The highest BCUT2D eigenvalue weighted by Gasteiger charge is 2.26. The Labute approximate surface area is 82.6 Å². The summed E-state index contributed by atoms with van der Waals surface area (Å²) in [5, 5.41) is 0. The minimum Gasteiger partial charge on any atom is -0.478 e. The summed E-state index contributed by atoms with van der Waals surface area (Å²) in [5.74, 6) is 0.508. The molecule has 0 amide bonds. The van der Waals surface area contributed by atoms with Crippen LogP contribution in [0.15, 0.2) is 24.3 Å². The maximum atomic E-state index is 11.2. The molecule has 0 bridgehead atoms. The Balaban J connectivity index is 2.17. The molecule has 1 heterocycles. The second kappa shape index (κ2) is 3.70. The van der Waals surface area contributed by atoms with E-state index in [9.17, 15) is 4.79 Å². The van der Waals surface area contributed by atoms with Crippen molar-refractivity contribution in [2.45, 2.75) is 18.9 Å². The van der Waals surface area contributed by atoms with Crippen molar-refractivity contribution in [3.63, 3.8) is 0 Å². The molecule has 0 spiro atoms. The minimum atomic E-state index is -0.435. The molecule has 0 aromatic heterocycles. The third kappa shape index (κ3) is 1.58. The third-order valence-corrected chi connectivity index (χ3v) is 2.38. The van der Waals surface area contributed by atoms with Crippen LogP contribution >= 0.6 is 0 Å². The summed E-state index contributed by atoms with van der Waals surface area (Å²) in [6.07, 6.45) is 1.13. The number of benzene rings is 1. The van der Waals surface area contributed by atoms with Gasteiger partial charge in [0.05, 0.1) is 7.11 Å². The predicted molar refractivity (Wildman–Crippen MR) is 51.2 cm³/mol. The molecule has 0 fully saturated rings. The second-order valence-corrected chi connectivity index (χ2v) is 3.28. The van der Waals surface area contributed by atoms with Gasteiger partial charge < -0.3 is 9.47 Å². The Bertz CT molecular complexity index is 346. The van der Waals surface area contributed by atoms with Crippen molar-refractivity contribution in [3.05, 3.63) is 29.8 Å². The summed E-state index contributed by atoms with van der Waals surface area (Å²) < 4.78 is 10.2. The molecular weight excluding hydrogens is 180 g/mol. The van der Waals surface area contributed by atoms with Gasteiger partial charge in [-0.15, -0.1) is 0 Å². The van der Waals surface area contributed by atoms with E-state index >= 15 is 0 Å².